The highest BCUT2D eigenvalue weighted by atomic mass is 32.2. The van der Waals surface area contributed by atoms with Crippen LogP contribution in [0.15, 0.2) is 88.7 Å². The van der Waals surface area contributed by atoms with E-state index < -0.39 is 17.1 Å². The van der Waals surface area contributed by atoms with Gasteiger partial charge in [-0.3, -0.25) is 23.7 Å². The molecule has 226 valence electrons. The molecule has 0 bridgehead atoms. The van der Waals surface area contributed by atoms with Crippen molar-refractivity contribution in [2.75, 3.05) is 35.3 Å². The number of ether oxygens (including phenoxy) is 1. The SMILES string of the molecule is CCN(CC)c1ccc(C2c3sc(=O)n(CC(=O)Nc4ccccc4)c3SC3C(=O)N(c4ccc(OC)cc4)C(=O)C32)cc1. The number of rotatable bonds is 9. The predicted octanol–water partition coefficient (Wildman–Crippen LogP) is 5.20. The normalized spacial score (nSPS) is 19.0. The minimum Gasteiger partial charge on any atom is -0.497 e. The Hall–Kier alpha value is -4.35. The number of anilines is 3. The summed E-state index contributed by atoms with van der Waals surface area (Å²) in [5.41, 5.74) is 2.99. The molecule has 1 N–H and O–H groups in total. The fourth-order valence-electron chi connectivity index (χ4n) is 5.95. The van der Waals surface area contributed by atoms with Crippen LogP contribution in [0.1, 0.15) is 30.2 Å². The Labute approximate surface area is 263 Å². The number of benzene rings is 3. The Balaban J connectivity index is 1.41. The molecule has 4 aromatic rings. The van der Waals surface area contributed by atoms with E-state index in [-0.39, 0.29) is 29.1 Å². The van der Waals surface area contributed by atoms with Gasteiger partial charge in [0.05, 0.1) is 23.7 Å². The molecular weight excluding hydrogens is 597 g/mol. The zero-order valence-electron chi connectivity index (χ0n) is 24.6. The number of methoxy groups -OCH3 is 1. The van der Waals surface area contributed by atoms with E-state index in [1.807, 2.05) is 42.5 Å². The van der Waals surface area contributed by atoms with Crippen molar-refractivity contribution in [2.24, 2.45) is 5.92 Å². The van der Waals surface area contributed by atoms with Crippen LogP contribution in [0.3, 0.4) is 0 Å². The van der Waals surface area contributed by atoms with Crippen LogP contribution in [0.25, 0.3) is 0 Å². The number of carbonyl (C=O) groups excluding carboxylic acids is 3. The van der Waals surface area contributed by atoms with Crippen molar-refractivity contribution in [2.45, 2.75) is 36.6 Å². The van der Waals surface area contributed by atoms with E-state index >= 15 is 0 Å². The average molecular weight is 629 g/mol. The van der Waals surface area contributed by atoms with E-state index in [2.05, 4.69) is 24.1 Å². The number of nitrogens with zero attached hydrogens (tertiary/aromatic N) is 3. The molecule has 3 atom stereocenters. The van der Waals surface area contributed by atoms with Gasteiger partial charge in [-0.15, -0.1) is 0 Å². The number of thioether (sulfide) groups is 1. The summed E-state index contributed by atoms with van der Waals surface area (Å²) in [5, 5.41) is 2.63. The first-order valence-corrected chi connectivity index (χ1v) is 16.2. The Morgan fingerprint density at radius 2 is 1.59 bits per heavy atom. The molecule has 2 aliphatic rings. The highest BCUT2D eigenvalue weighted by molar-refractivity contribution is 8.00. The van der Waals surface area contributed by atoms with Crippen LogP contribution >= 0.6 is 23.1 Å². The van der Waals surface area contributed by atoms with Gasteiger partial charge in [-0.25, -0.2) is 4.90 Å². The minimum atomic E-state index is -0.762. The van der Waals surface area contributed by atoms with Crippen LogP contribution in [0.5, 0.6) is 5.75 Å². The first-order chi connectivity index (χ1) is 21.3. The maximum Gasteiger partial charge on any atom is 0.308 e. The molecule has 11 heteroatoms. The Bertz CT molecular complexity index is 1750. The fourth-order valence-corrected chi connectivity index (χ4v) is 8.72. The van der Waals surface area contributed by atoms with E-state index in [0.717, 1.165) is 35.7 Å². The molecule has 1 saturated heterocycles. The third kappa shape index (κ3) is 5.30. The summed E-state index contributed by atoms with van der Waals surface area (Å²) >= 11 is 2.24. The van der Waals surface area contributed by atoms with E-state index in [1.54, 1.807) is 43.5 Å². The molecule has 9 nitrogen and oxygen atoms in total. The van der Waals surface area contributed by atoms with Gasteiger partial charge in [-0.1, -0.05) is 53.4 Å². The second-order valence-electron chi connectivity index (χ2n) is 10.6. The van der Waals surface area contributed by atoms with Crippen LogP contribution in [-0.2, 0) is 20.9 Å². The molecule has 3 heterocycles. The number of nitrogens with one attached hydrogen (secondary N) is 1. The number of fused-ring (bicyclic) bond motifs is 2. The number of para-hydroxylation sites is 1. The van der Waals surface area contributed by atoms with Crippen molar-refractivity contribution in [3.8, 4) is 5.75 Å². The molecule has 0 radical (unpaired) electrons. The fraction of sp³-hybridized carbons (Fsp3) is 0.273. The van der Waals surface area contributed by atoms with Gasteiger partial charge in [0.1, 0.15) is 17.5 Å². The van der Waals surface area contributed by atoms with Crippen molar-refractivity contribution in [1.29, 1.82) is 0 Å². The van der Waals surface area contributed by atoms with Gasteiger partial charge < -0.3 is 15.0 Å². The lowest BCUT2D eigenvalue weighted by Crippen LogP contribution is -2.33. The summed E-state index contributed by atoms with van der Waals surface area (Å²) in [6.07, 6.45) is 0. The summed E-state index contributed by atoms with van der Waals surface area (Å²) < 4.78 is 6.70. The van der Waals surface area contributed by atoms with Crippen molar-refractivity contribution >= 4 is 57.9 Å². The van der Waals surface area contributed by atoms with Crippen LogP contribution in [0.4, 0.5) is 17.1 Å². The lowest BCUT2D eigenvalue weighted by atomic mass is 9.83. The van der Waals surface area contributed by atoms with Crippen molar-refractivity contribution in [1.82, 2.24) is 4.57 Å². The second-order valence-corrected chi connectivity index (χ2v) is 12.7. The van der Waals surface area contributed by atoms with Gasteiger partial charge in [-0.2, -0.15) is 0 Å². The van der Waals surface area contributed by atoms with Crippen LogP contribution < -0.4 is 24.7 Å². The molecule has 3 unspecified atom stereocenters. The molecule has 0 aliphatic carbocycles. The summed E-state index contributed by atoms with van der Waals surface area (Å²) in [6, 6.07) is 23.9. The molecular formula is C33H32N4O5S2. The Morgan fingerprint density at radius 1 is 0.909 bits per heavy atom. The third-order valence-electron chi connectivity index (χ3n) is 8.12. The Morgan fingerprint density at radius 3 is 2.23 bits per heavy atom. The van der Waals surface area contributed by atoms with Gasteiger partial charge in [0, 0.05) is 35.3 Å². The zero-order chi connectivity index (χ0) is 31.0. The molecule has 1 fully saturated rings. The van der Waals surface area contributed by atoms with Gasteiger partial charge in [0.15, 0.2) is 0 Å². The standard InChI is InChI=1S/C33H32N4O5S2/c1-4-35(5-2)22-13-11-20(12-14-22)26-27-28(31(40)37(30(27)39)23-15-17-24(42-3)18-16-23)43-32-29(26)44-33(41)36(32)19-25(38)34-21-9-7-6-8-10-21/h6-18,26-28H,4-5,19H2,1-3H3,(H,34,38). The van der Waals surface area contributed by atoms with Crippen LogP contribution in [-0.4, -0.2) is 47.7 Å². The average Bonchev–Trinajstić information content (AvgIpc) is 3.48. The van der Waals surface area contributed by atoms with Gasteiger partial charge in [0.25, 0.3) is 0 Å². The van der Waals surface area contributed by atoms with Gasteiger partial charge >= 0.3 is 4.87 Å². The van der Waals surface area contributed by atoms with Crippen molar-refractivity contribution in [3.63, 3.8) is 0 Å². The highest BCUT2D eigenvalue weighted by Gasteiger charge is 2.56. The maximum absolute atomic E-state index is 14.1. The number of imide groups is 1. The van der Waals surface area contributed by atoms with E-state index in [9.17, 15) is 19.2 Å². The molecule has 0 saturated carbocycles. The van der Waals surface area contributed by atoms with E-state index in [4.69, 9.17) is 4.74 Å². The first-order valence-electron chi connectivity index (χ1n) is 14.5. The lowest BCUT2D eigenvalue weighted by molar-refractivity contribution is -0.122. The highest BCUT2D eigenvalue weighted by Crippen LogP contribution is 2.54. The summed E-state index contributed by atoms with van der Waals surface area (Å²) in [4.78, 5) is 58.4. The third-order valence-corrected chi connectivity index (χ3v) is 10.7. The number of hydrogen-bond acceptors (Lipinski definition) is 8. The summed E-state index contributed by atoms with van der Waals surface area (Å²) in [6.45, 7) is 5.69. The Kier molecular flexibility index (Phi) is 8.33. The number of amides is 3. The number of carbonyl (C=O) groups is 3. The lowest BCUT2D eigenvalue weighted by Gasteiger charge is -2.31. The topological polar surface area (TPSA) is 101 Å². The van der Waals surface area contributed by atoms with E-state index in [1.165, 1.54) is 21.2 Å². The molecule has 1 aromatic heterocycles. The molecule has 2 aliphatic heterocycles. The summed E-state index contributed by atoms with van der Waals surface area (Å²) in [5.74, 6) is -1.63. The smallest absolute Gasteiger partial charge is 0.308 e. The number of hydrogen-bond donors (Lipinski definition) is 1. The van der Waals surface area contributed by atoms with Crippen molar-refractivity contribution in [3.05, 3.63) is 99.0 Å². The largest absolute Gasteiger partial charge is 0.497 e. The van der Waals surface area contributed by atoms with Gasteiger partial charge in [0.2, 0.25) is 17.7 Å². The van der Waals surface area contributed by atoms with Crippen molar-refractivity contribution < 1.29 is 19.1 Å². The number of aromatic nitrogens is 1. The zero-order valence-corrected chi connectivity index (χ0v) is 26.2. The molecule has 6 rings (SSSR count). The predicted molar refractivity (Wildman–Crippen MR) is 174 cm³/mol. The van der Waals surface area contributed by atoms with E-state index in [0.29, 0.717) is 27.0 Å². The van der Waals surface area contributed by atoms with Crippen LogP contribution in [0, 0.1) is 5.92 Å². The molecule has 44 heavy (non-hydrogen) atoms. The maximum atomic E-state index is 14.1. The molecule has 3 amide bonds. The summed E-state index contributed by atoms with van der Waals surface area (Å²) in [7, 11) is 1.56. The first kappa shape index (κ1) is 29.7. The molecule has 3 aromatic carbocycles. The van der Waals surface area contributed by atoms with Gasteiger partial charge in [-0.05, 0) is 67.9 Å². The van der Waals surface area contributed by atoms with Crippen LogP contribution in [0.2, 0.25) is 0 Å². The molecule has 0 spiro atoms. The number of thiazole rings is 1. The monoisotopic (exact) mass is 628 g/mol. The minimum absolute atomic E-state index is 0.206. The quantitative estimate of drug-likeness (QED) is 0.255. The second kappa shape index (κ2) is 12.3.